The van der Waals surface area contributed by atoms with Gasteiger partial charge in [0.1, 0.15) is 23.0 Å². The van der Waals surface area contributed by atoms with Crippen LogP contribution in [-0.2, 0) is 0 Å². The van der Waals surface area contributed by atoms with E-state index in [4.69, 9.17) is 16.3 Å². The zero-order chi connectivity index (χ0) is 13.0. The van der Waals surface area contributed by atoms with Gasteiger partial charge in [0.2, 0.25) is 0 Å². The van der Waals surface area contributed by atoms with Crippen molar-refractivity contribution in [2.24, 2.45) is 0 Å². The lowest BCUT2D eigenvalue weighted by atomic mass is 10.1. The largest absolute Gasteiger partial charge is 0.383 e. The van der Waals surface area contributed by atoms with Crippen molar-refractivity contribution in [3.8, 4) is 12.1 Å². The van der Waals surface area contributed by atoms with Crippen molar-refractivity contribution >= 4 is 17.6 Å². The molecular weight excluding hydrogens is 244 g/mol. The molecule has 0 saturated carbocycles. The van der Waals surface area contributed by atoms with E-state index in [1.165, 1.54) is 17.8 Å². The lowest BCUT2D eigenvalue weighted by Crippen LogP contribution is -2.05. The lowest BCUT2D eigenvalue weighted by Gasteiger charge is -2.16. The smallest absolute Gasteiger partial charge is 0.142 e. The fourth-order valence-electron chi connectivity index (χ4n) is 1.79. The molecule has 18 heavy (non-hydrogen) atoms. The van der Waals surface area contributed by atoms with E-state index in [2.05, 4.69) is 23.2 Å². The molecule has 0 spiro atoms. The molecular formula is C13H12N4S. The minimum absolute atomic E-state index is 0.193. The Hall–Kier alpha value is -1.98. The zero-order valence-electron chi connectivity index (χ0n) is 9.76. The first-order valence-corrected chi connectivity index (χ1v) is 6.56. The second-order valence-corrected chi connectivity index (χ2v) is 5.24. The van der Waals surface area contributed by atoms with Gasteiger partial charge in [-0.3, -0.25) is 0 Å². The fourth-order valence-corrected chi connectivity index (χ4v) is 2.94. The third-order valence-corrected chi connectivity index (χ3v) is 3.96. The van der Waals surface area contributed by atoms with Gasteiger partial charge in [-0.2, -0.15) is 10.5 Å². The molecule has 1 aliphatic rings. The van der Waals surface area contributed by atoms with Crippen LogP contribution in [0.5, 0.6) is 0 Å². The number of thioether (sulfide) groups is 1. The van der Waals surface area contributed by atoms with Crippen LogP contribution < -0.4 is 5.73 Å². The van der Waals surface area contributed by atoms with Gasteiger partial charge in [-0.1, -0.05) is 23.9 Å². The molecule has 90 valence electrons. The van der Waals surface area contributed by atoms with Gasteiger partial charge in [0.05, 0.1) is 11.1 Å². The number of anilines is 1. The molecule has 0 bridgehead atoms. The quantitative estimate of drug-likeness (QED) is 0.822. The molecule has 2 rings (SSSR count). The molecule has 1 heterocycles. The molecule has 0 fully saturated rings. The highest BCUT2D eigenvalue weighted by Gasteiger charge is 2.16. The summed E-state index contributed by atoms with van der Waals surface area (Å²) in [5.41, 5.74) is 6.37. The number of hydrogen-bond acceptors (Lipinski definition) is 5. The Bertz CT molecular complexity index is 566. The second kappa shape index (κ2) is 5.57. The van der Waals surface area contributed by atoms with Crippen molar-refractivity contribution in [1.82, 2.24) is 4.98 Å². The number of nitrogens with two attached hydrogens (primary N) is 1. The standard InChI is InChI=1S/C13H12N4S/c14-7-9-6-10(8-15)13(17-12(9)16)18-11-4-2-1-3-5-11/h2,4,6,11H,1,3,5H2,(H2,16,17). The Kier molecular flexibility index (Phi) is 3.86. The number of nitrogen functional groups attached to an aromatic ring is 1. The van der Waals surface area contributed by atoms with Crippen molar-refractivity contribution in [2.75, 3.05) is 5.73 Å². The molecule has 0 saturated heterocycles. The number of aromatic nitrogens is 1. The first kappa shape index (κ1) is 12.5. The maximum atomic E-state index is 9.09. The van der Waals surface area contributed by atoms with Gasteiger partial charge in [-0.15, -0.1) is 0 Å². The molecule has 1 aromatic heterocycles. The minimum Gasteiger partial charge on any atom is -0.383 e. The van der Waals surface area contributed by atoms with Crippen molar-refractivity contribution in [3.05, 3.63) is 29.3 Å². The maximum absolute atomic E-state index is 9.09. The van der Waals surface area contributed by atoms with Gasteiger partial charge < -0.3 is 5.73 Å². The molecule has 1 aromatic rings. The van der Waals surface area contributed by atoms with E-state index in [1.54, 1.807) is 0 Å². The molecule has 4 nitrogen and oxygen atoms in total. The predicted octanol–water partition coefficient (Wildman–Crippen LogP) is 2.61. The SMILES string of the molecule is N#Cc1cc(C#N)c(SC2C=CCCC2)nc1N. The van der Waals surface area contributed by atoms with Crippen LogP contribution in [0.1, 0.15) is 30.4 Å². The maximum Gasteiger partial charge on any atom is 0.142 e. The zero-order valence-corrected chi connectivity index (χ0v) is 10.6. The third-order valence-electron chi connectivity index (χ3n) is 2.73. The van der Waals surface area contributed by atoms with Crippen LogP contribution in [0.25, 0.3) is 0 Å². The van der Waals surface area contributed by atoms with Crippen LogP contribution in [0, 0.1) is 22.7 Å². The van der Waals surface area contributed by atoms with Crippen molar-refractivity contribution in [2.45, 2.75) is 29.5 Å². The summed E-state index contributed by atoms with van der Waals surface area (Å²) in [6.07, 6.45) is 7.64. The average Bonchev–Trinajstić information content (AvgIpc) is 2.40. The molecule has 0 radical (unpaired) electrons. The number of nitriles is 2. The highest BCUT2D eigenvalue weighted by atomic mass is 32.2. The number of nitrogens with zero attached hydrogens (tertiary/aromatic N) is 3. The van der Waals surface area contributed by atoms with Gasteiger partial charge in [0, 0.05) is 5.25 Å². The first-order valence-electron chi connectivity index (χ1n) is 5.68. The molecule has 0 aliphatic heterocycles. The Morgan fingerprint density at radius 3 is 2.72 bits per heavy atom. The molecule has 1 aliphatic carbocycles. The van der Waals surface area contributed by atoms with Crippen molar-refractivity contribution in [3.63, 3.8) is 0 Å². The Balaban J connectivity index is 2.30. The van der Waals surface area contributed by atoms with E-state index in [0.29, 0.717) is 15.8 Å². The van der Waals surface area contributed by atoms with E-state index in [0.717, 1.165) is 19.3 Å². The fraction of sp³-hybridized carbons (Fsp3) is 0.308. The predicted molar refractivity (Wildman–Crippen MR) is 70.7 cm³/mol. The lowest BCUT2D eigenvalue weighted by molar-refractivity contribution is 0.740. The summed E-state index contributed by atoms with van der Waals surface area (Å²) in [6.45, 7) is 0. The summed E-state index contributed by atoms with van der Waals surface area (Å²) < 4.78 is 0. The monoisotopic (exact) mass is 256 g/mol. The molecule has 0 aromatic carbocycles. The summed E-state index contributed by atoms with van der Waals surface area (Å²) >= 11 is 1.54. The Morgan fingerprint density at radius 1 is 1.33 bits per heavy atom. The number of rotatable bonds is 2. The Morgan fingerprint density at radius 2 is 2.11 bits per heavy atom. The van der Waals surface area contributed by atoms with Crippen molar-refractivity contribution < 1.29 is 0 Å². The highest BCUT2D eigenvalue weighted by Crippen LogP contribution is 2.32. The van der Waals surface area contributed by atoms with Gasteiger partial charge >= 0.3 is 0 Å². The molecule has 1 unspecified atom stereocenters. The van der Waals surface area contributed by atoms with E-state index < -0.39 is 0 Å². The number of allylic oxidation sites excluding steroid dienone is 1. The molecule has 0 amide bonds. The first-order chi connectivity index (χ1) is 8.74. The van der Waals surface area contributed by atoms with Crippen LogP contribution in [0.2, 0.25) is 0 Å². The van der Waals surface area contributed by atoms with Gasteiger partial charge in [0.15, 0.2) is 0 Å². The van der Waals surface area contributed by atoms with E-state index in [1.807, 2.05) is 6.07 Å². The van der Waals surface area contributed by atoms with Gasteiger partial charge in [-0.05, 0) is 25.3 Å². The average molecular weight is 256 g/mol. The summed E-state index contributed by atoms with van der Waals surface area (Å²) in [6, 6.07) is 5.52. The second-order valence-electron chi connectivity index (χ2n) is 4.01. The topological polar surface area (TPSA) is 86.5 Å². The molecule has 2 N–H and O–H groups in total. The van der Waals surface area contributed by atoms with Crippen LogP contribution in [0.4, 0.5) is 5.82 Å². The normalized spacial score (nSPS) is 18.0. The summed E-state index contributed by atoms with van der Waals surface area (Å²) in [7, 11) is 0. The van der Waals surface area contributed by atoms with Crippen LogP contribution >= 0.6 is 11.8 Å². The summed E-state index contributed by atoms with van der Waals surface area (Å²) in [5, 5.41) is 18.9. The molecule has 5 heteroatoms. The third kappa shape index (κ3) is 2.64. The number of pyridine rings is 1. The van der Waals surface area contributed by atoms with E-state index in [9.17, 15) is 0 Å². The van der Waals surface area contributed by atoms with Gasteiger partial charge in [-0.25, -0.2) is 4.98 Å². The van der Waals surface area contributed by atoms with Crippen LogP contribution in [-0.4, -0.2) is 10.2 Å². The van der Waals surface area contributed by atoms with E-state index >= 15 is 0 Å². The summed E-state index contributed by atoms with van der Waals surface area (Å²) in [4.78, 5) is 4.17. The van der Waals surface area contributed by atoms with Crippen molar-refractivity contribution in [1.29, 1.82) is 10.5 Å². The number of hydrogen-bond donors (Lipinski definition) is 1. The highest BCUT2D eigenvalue weighted by molar-refractivity contribution is 8.00. The Labute approximate surface area is 110 Å². The van der Waals surface area contributed by atoms with Gasteiger partial charge in [0.25, 0.3) is 0 Å². The molecule has 1 atom stereocenters. The summed E-state index contributed by atoms with van der Waals surface area (Å²) in [5.74, 6) is 0.193. The van der Waals surface area contributed by atoms with E-state index in [-0.39, 0.29) is 11.4 Å². The van der Waals surface area contributed by atoms with Crippen LogP contribution in [0.3, 0.4) is 0 Å². The minimum atomic E-state index is 0.193. The van der Waals surface area contributed by atoms with Crippen LogP contribution in [0.15, 0.2) is 23.2 Å².